The van der Waals surface area contributed by atoms with Gasteiger partial charge in [0.15, 0.2) is 6.61 Å². The first kappa shape index (κ1) is 20.2. The number of thiophene rings is 1. The number of nitrogens with one attached hydrogen (secondary N) is 1. The number of aryl methyl sites for hydroxylation is 1. The molecule has 152 valence electrons. The Morgan fingerprint density at radius 2 is 1.87 bits per heavy atom. The number of carbonyl (C=O) groups excluding carboxylic acids is 2. The highest BCUT2D eigenvalue weighted by Crippen LogP contribution is 2.30. The maximum absolute atomic E-state index is 13.2. The van der Waals surface area contributed by atoms with Gasteiger partial charge >= 0.3 is 5.97 Å². The maximum atomic E-state index is 13.2. The fourth-order valence-corrected chi connectivity index (χ4v) is 4.18. The molecule has 9 heteroatoms. The van der Waals surface area contributed by atoms with Crippen molar-refractivity contribution in [3.05, 3.63) is 75.5 Å². The molecule has 2 aromatic carbocycles. The molecule has 6 nitrogen and oxygen atoms in total. The van der Waals surface area contributed by atoms with E-state index in [0.29, 0.717) is 16.3 Å². The quantitative estimate of drug-likeness (QED) is 0.397. The lowest BCUT2D eigenvalue weighted by Gasteiger charge is -2.06. The molecule has 0 fully saturated rings. The van der Waals surface area contributed by atoms with Crippen molar-refractivity contribution in [1.29, 1.82) is 0 Å². The van der Waals surface area contributed by atoms with Crippen LogP contribution in [0.4, 0.5) is 10.1 Å². The number of carbonyl (C=O) groups is 2. The molecular weight excluding hydrogens is 473 g/mol. The number of nitrogens with zero attached hydrogens (tertiary/aromatic N) is 2. The van der Waals surface area contributed by atoms with Crippen LogP contribution in [0.2, 0.25) is 0 Å². The van der Waals surface area contributed by atoms with Gasteiger partial charge in [-0.15, -0.1) is 11.3 Å². The number of anilines is 1. The zero-order valence-corrected chi connectivity index (χ0v) is 18.1. The van der Waals surface area contributed by atoms with Crippen molar-refractivity contribution in [2.45, 2.75) is 6.92 Å². The SMILES string of the molecule is Cc1nn(-c2ccc(F)cc2)c2sc(C(=O)OCC(=O)Nc3ccc(Br)cc3)cc12. The van der Waals surface area contributed by atoms with Gasteiger partial charge in [-0.2, -0.15) is 5.10 Å². The molecule has 30 heavy (non-hydrogen) atoms. The van der Waals surface area contributed by atoms with E-state index in [9.17, 15) is 14.0 Å². The van der Waals surface area contributed by atoms with Crippen molar-refractivity contribution in [2.24, 2.45) is 0 Å². The summed E-state index contributed by atoms with van der Waals surface area (Å²) >= 11 is 4.53. The Hall–Kier alpha value is -3.04. The minimum Gasteiger partial charge on any atom is -0.451 e. The monoisotopic (exact) mass is 487 g/mol. The molecule has 0 aliphatic heterocycles. The molecule has 0 saturated carbocycles. The molecule has 1 N–H and O–H groups in total. The van der Waals surface area contributed by atoms with Crippen LogP contribution in [0.5, 0.6) is 0 Å². The fraction of sp³-hybridized carbons (Fsp3) is 0.0952. The normalized spacial score (nSPS) is 10.9. The van der Waals surface area contributed by atoms with E-state index < -0.39 is 18.5 Å². The van der Waals surface area contributed by atoms with Crippen LogP contribution in [-0.2, 0) is 9.53 Å². The van der Waals surface area contributed by atoms with Crippen LogP contribution >= 0.6 is 27.3 Å². The minimum atomic E-state index is -0.591. The zero-order chi connectivity index (χ0) is 21.3. The highest BCUT2D eigenvalue weighted by Gasteiger charge is 2.19. The van der Waals surface area contributed by atoms with E-state index in [1.165, 1.54) is 23.5 Å². The second-order valence-electron chi connectivity index (χ2n) is 6.43. The molecule has 0 spiro atoms. The van der Waals surface area contributed by atoms with Crippen LogP contribution in [0, 0.1) is 12.7 Å². The van der Waals surface area contributed by atoms with Crippen LogP contribution in [0.1, 0.15) is 15.4 Å². The summed E-state index contributed by atoms with van der Waals surface area (Å²) in [7, 11) is 0. The van der Waals surface area contributed by atoms with Gasteiger partial charge in [0.25, 0.3) is 5.91 Å². The molecule has 0 bridgehead atoms. The van der Waals surface area contributed by atoms with E-state index in [0.717, 1.165) is 20.4 Å². The molecule has 0 unspecified atom stereocenters. The van der Waals surface area contributed by atoms with Gasteiger partial charge in [-0.05, 0) is 61.5 Å². The average Bonchev–Trinajstić information content (AvgIpc) is 3.29. The molecule has 4 rings (SSSR count). The Bertz CT molecular complexity index is 1230. The number of benzene rings is 2. The van der Waals surface area contributed by atoms with Crippen LogP contribution in [0.15, 0.2) is 59.1 Å². The Morgan fingerprint density at radius 1 is 1.17 bits per heavy atom. The first-order valence-electron chi connectivity index (χ1n) is 8.88. The third-order valence-electron chi connectivity index (χ3n) is 4.28. The topological polar surface area (TPSA) is 73.2 Å². The number of esters is 1. The summed E-state index contributed by atoms with van der Waals surface area (Å²) in [5.74, 6) is -1.36. The smallest absolute Gasteiger partial charge is 0.348 e. The van der Waals surface area contributed by atoms with E-state index in [1.54, 1.807) is 47.1 Å². The van der Waals surface area contributed by atoms with Crippen molar-refractivity contribution in [3.8, 4) is 5.69 Å². The second kappa shape index (κ2) is 8.37. The maximum Gasteiger partial charge on any atom is 0.348 e. The van der Waals surface area contributed by atoms with Gasteiger partial charge in [0.1, 0.15) is 15.5 Å². The van der Waals surface area contributed by atoms with Gasteiger partial charge < -0.3 is 10.1 Å². The van der Waals surface area contributed by atoms with Crippen LogP contribution in [0.3, 0.4) is 0 Å². The average molecular weight is 488 g/mol. The molecule has 0 radical (unpaired) electrons. The summed E-state index contributed by atoms with van der Waals surface area (Å²) in [6.45, 7) is 1.43. The van der Waals surface area contributed by atoms with Crippen molar-refractivity contribution in [3.63, 3.8) is 0 Å². The van der Waals surface area contributed by atoms with Gasteiger partial charge in [-0.25, -0.2) is 13.9 Å². The summed E-state index contributed by atoms with van der Waals surface area (Å²) in [5, 5.41) is 7.93. The van der Waals surface area contributed by atoms with E-state index in [2.05, 4.69) is 26.3 Å². The van der Waals surface area contributed by atoms with Gasteiger partial charge in [0.05, 0.1) is 11.4 Å². The summed E-state index contributed by atoms with van der Waals surface area (Å²) in [4.78, 5) is 25.6. The highest BCUT2D eigenvalue weighted by molar-refractivity contribution is 9.10. The first-order chi connectivity index (χ1) is 14.4. The number of hydrogen-bond donors (Lipinski definition) is 1. The number of aromatic nitrogens is 2. The standard InChI is InChI=1S/C21H15BrFN3O3S/c1-12-17-10-18(30-20(17)26(25-12)16-8-4-14(23)5-9-16)21(28)29-11-19(27)24-15-6-2-13(22)3-7-15/h2-10H,11H2,1H3,(H,24,27). The highest BCUT2D eigenvalue weighted by atomic mass is 79.9. The molecule has 4 aromatic rings. The molecule has 1 amide bonds. The molecular formula is C21H15BrFN3O3S. The van der Waals surface area contributed by atoms with E-state index >= 15 is 0 Å². The van der Waals surface area contributed by atoms with Gasteiger partial charge in [0, 0.05) is 15.5 Å². The van der Waals surface area contributed by atoms with Gasteiger partial charge in [-0.1, -0.05) is 15.9 Å². The number of hydrogen-bond acceptors (Lipinski definition) is 5. The van der Waals surface area contributed by atoms with Crippen LogP contribution in [0.25, 0.3) is 15.9 Å². The molecule has 0 aliphatic rings. The summed E-state index contributed by atoms with van der Waals surface area (Å²) in [5.41, 5.74) is 2.03. The number of fused-ring (bicyclic) bond motifs is 1. The lowest BCUT2D eigenvalue weighted by molar-refractivity contribution is -0.119. The second-order valence-corrected chi connectivity index (χ2v) is 8.38. The minimum absolute atomic E-state index is 0.337. The largest absolute Gasteiger partial charge is 0.451 e. The summed E-state index contributed by atoms with van der Waals surface area (Å²) < 4.78 is 20.9. The van der Waals surface area contributed by atoms with Gasteiger partial charge in [0.2, 0.25) is 0 Å². The summed E-state index contributed by atoms with van der Waals surface area (Å²) in [6, 6.07) is 14.7. The number of halogens is 2. The lowest BCUT2D eigenvalue weighted by Crippen LogP contribution is -2.20. The number of amides is 1. The van der Waals surface area contributed by atoms with Crippen molar-refractivity contribution < 1.29 is 18.7 Å². The molecule has 0 saturated heterocycles. The van der Waals surface area contributed by atoms with Crippen molar-refractivity contribution in [1.82, 2.24) is 9.78 Å². The number of rotatable bonds is 5. The zero-order valence-electron chi connectivity index (χ0n) is 15.7. The molecule has 0 atom stereocenters. The molecule has 2 heterocycles. The molecule has 2 aromatic heterocycles. The Morgan fingerprint density at radius 3 is 2.57 bits per heavy atom. The Labute approximate surface area is 183 Å². The lowest BCUT2D eigenvalue weighted by atomic mass is 10.3. The van der Waals surface area contributed by atoms with E-state index in [1.807, 2.05) is 6.92 Å². The third-order valence-corrected chi connectivity index (χ3v) is 5.90. The van der Waals surface area contributed by atoms with Crippen molar-refractivity contribution in [2.75, 3.05) is 11.9 Å². The first-order valence-corrected chi connectivity index (χ1v) is 10.5. The molecule has 0 aliphatic carbocycles. The summed E-state index contributed by atoms with van der Waals surface area (Å²) in [6.07, 6.45) is 0. The third kappa shape index (κ3) is 4.27. The predicted molar refractivity (Wildman–Crippen MR) is 117 cm³/mol. The van der Waals surface area contributed by atoms with Crippen LogP contribution < -0.4 is 5.32 Å². The Balaban J connectivity index is 1.47. The van der Waals surface area contributed by atoms with E-state index in [-0.39, 0.29) is 5.82 Å². The van der Waals surface area contributed by atoms with Crippen LogP contribution in [-0.4, -0.2) is 28.3 Å². The van der Waals surface area contributed by atoms with Crippen molar-refractivity contribution >= 4 is 55.0 Å². The fourth-order valence-electron chi connectivity index (χ4n) is 2.84. The predicted octanol–water partition coefficient (Wildman–Crippen LogP) is 5.09. The Kier molecular flexibility index (Phi) is 5.65. The van der Waals surface area contributed by atoms with Gasteiger partial charge in [-0.3, -0.25) is 4.79 Å². The van der Waals surface area contributed by atoms with E-state index in [4.69, 9.17) is 4.74 Å². The number of ether oxygens (including phenoxy) is 1.